The highest BCUT2D eigenvalue weighted by Crippen LogP contribution is 2.32. The Balaban J connectivity index is 1.44. The summed E-state index contributed by atoms with van der Waals surface area (Å²) >= 11 is 0. The topological polar surface area (TPSA) is 98.2 Å². The Morgan fingerprint density at radius 1 is 1.17 bits per heavy atom. The number of benzene rings is 2. The first kappa shape index (κ1) is 20.2. The minimum Gasteiger partial charge on any atom is -0.494 e. The molecule has 1 aliphatic rings. The number of fused-ring (bicyclic) bond motifs is 1. The number of nitrogens with one attached hydrogen (secondary N) is 2. The minimum atomic E-state index is -0.439. The molecular formula is C21H23N3O5. The summed E-state index contributed by atoms with van der Waals surface area (Å²) in [7, 11) is 0. The highest BCUT2D eigenvalue weighted by Gasteiger charge is 2.16. The summed E-state index contributed by atoms with van der Waals surface area (Å²) < 4.78 is 16.1. The predicted octanol–water partition coefficient (Wildman–Crippen LogP) is 2.47. The van der Waals surface area contributed by atoms with Crippen molar-refractivity contribution >= 4 is 18.0 Å². The van der Waals surface area contributed by atoms with Crippen LogP contribution in [0.5, 0.6) is 17.2 Å². The van der Waals surface area contributed by atoms with Crippen molar-refractivity contribution in [1.29, 1.82) is 0 Å². The van der Waals surface area contributed by atoms with Gasteiger partial charge in [-0.3, -0.25) is 9.59 Å². The maximum Gasteiger partial charge on any atom is 0.259 e. The average Bonchev–Trinajstić information content (AvgIpc) is 3.20. The number of hydrazone groups is 1. The molecule has 0 fully saturated rings. The van der Waals surface area contributed by atoms with Crippen molar-refractivity contribution in [3.63, 3.8) is 0 Å². The molecule has 1 heterocycles. The van der Waals surface area contributed by atoms with E-state index in [2.05, 4.69) is 22.8 Å². The standard InChI is InChI=1S/C21H23N3O5/c1-2-3-9-27-17-6-4-5-15(10-17)12-23-24-20(25)13-22-21(26)16-7-8-18-19(11-16)29-14-28-18/h4-8,10-12H,2-3,9,13-14H2,1H3,(H,22,26)(H,24,25)/b23-12+. The SMILES string of the molecule is CCCCOc1cccc(/C=N/NC(=O)CNC(=O)c2ccc3c(c2)OCO3)c1. The van der Waals surface area contributed by atoms with Crippen LogP contribution in [-0.2, 0) is 4.79 Å². The maximum absolute atomic E-state index is 12.1. The van der Waals surface area contributed by atoms with E-state index in [1.165, 1.54) is 6.21 Å². The third-order valence-electron chi connectivity index (χ3n) is 4.07. The number of ether oxygens (including phenoxy) is 3. The minimum absolute atomic E-state index is 0.134. The van der Waals surface area contributed by atoms with E-state index in [1.54, 1.807) is 18.2 Å². The van der Waals surface area contributed by atoms with Gasteiger partial charge in [0.05, 0.1) is 19.4 Å². The molecule has 3 rings (SSSR count). The van der Waals surface area contributed by atoms with Crippen molar-refractivity contribution in [2.24, 2.45) is 5.10 Å². The summed E-state index contributed by atoms with van der Waals surface area (Å²) in [6.45, 7) is 2.70. The van der Waals surface area contributed by atoms with Gasteiger partial charge in [-0.05, 0) is 42.3 Å². The zero-order valence-corrected chi connectivity index (χ0v) is 16.1. The molecule has 0 spiro atoms. The molecule has 0 saturated carbocycles. The van der Waals surface area contributed by atoms with Crippen molar-refractivity contribution in [3.05, 3.63) is 53.6 Å². The van der Waals surface area contributed by atoms with Crippen LogP contribution in [-0.4, -0.2) is 38.0 Å². The third-order valence-corrected chi connectivity index (χ3v) is 4.07. The highest BCUT2D eigenvalue weighted by molar-refractivity contribution is 5.97. The van der Waals surface area contributed by atoms with E-state index in [0.29, 0.717) is 23.7 Å². The van der Waals surface area contributed by atoms with E-state index in [9.17, 15) is 9.59 Å². The lowest BCUT2D eigenvalue weighted by Gasteiger charge is -2.06. The molecule has 8 heteroatoms. The summed E-state index contributed by atoms with van der Waals surface area (Å²) in [5.74, 6) is 1.02. The second-order valence-corrected chi connectivity index (χ2v) is 6.32. The Labute approximate surface area is 168 Å². The van der Waals surface area contributed by atoms with Crippen molar-refractivity contribution in [3.8, 4) is 17.2 Å². The fraction of sp³-hybridized carbons (Fsp3) is 0.286. The van der Waals surface area contributed by atoms with Crippen LogP contribution < -0.4 is 25.0 Å². The van der Waals surface area contributed by atoms with Gasteiger partial charge < -0.3 is 19.5 Å². The van der Waals surface area contributed by atoms with Gasteiger partial charge in [-0.2, -0.15) is 5.10 Å². The molecule has 8 nitrogen and oxygen atoms in total. The predicted molar refractivity (Wildman–Crippen MR) is 107 cm³/mol. The van der Waals surface area contributed by atoms with Gasteiger partial charge in [0.2, 0.25) is 6.79 Å². The zero-order chi connectivity index (χ0) is 20.5. The van der Waals surface area contributed by atoms with Gasteiger partial charge in [-0.25, -0.2) is 5.43 Å². The maximum atomic E-state index is 12.1. The van der Waals surface area contributed by atoms with Crippen LogP contribution in [0.25, 0.3) is 0 Å². The number of rotatable bonds is 9. The molecule has 2 amide bonds. The van der Waals surface area contributed by atoms with Crippen LogP contribution >= 0.6 is 0 Å². The summed E-state index contributed by atoms with van der Waals surface area (Å²) in [6.07, 6.45) is 3.58. The average molecular weight is 397 g/mol. The van der Waals surface area contributed by atoms with E-state index in [-0.39, 0.29) is 19.2 Å². The molecule has 2 aromatic carbocycles. The van der Waals surface area contributed by atoms with Crippen molar-refractivity contribution < 1.29 is 23.8 Å². The third kappa shape index (κ3) is 5.97. The normalized spacial score (nSPS) is 12.0. The number of nitrogens with zero attached hydrogens (tertiary/aromatic N) is 1. The molecule has 0 bridgehead atoms. The summed E-state index contributed by atoms with van der Waals surface area (Å²) in [5.41, 5.74) is 3.56. The lowest BCUT2D eigenvalue weighted by Crippen LogP contribution is -2.34. The molecule has 2 aromatic rings. The highest BCUT2D eigenvalue weighted by atomic mass is 16.7. The first-order valence-electron chi connectivity index (χ1n) is 9.38. The van der Waals surface area contributed by atoms with Crippen LogP contribution in [0.4, 0.5) is 0 Å². The second kappa shape index (κ2) is 10.1. The van der Waals surface area contributed by atoms with Gasteiger partial charge in [0, 0.05) is 5.56 Å². The molecule has 29 heavy (non-hydrogen) atoms. The monoisotopic (exact) mass is 397 g/mol. The van der Waals surface area contributed by atoms with Gasteiger partial charge >= 0.3 is 0 Å². The molecule has 0 aromatic heterocycles. The van der Waals surface area contributed by atoms with Gasteiger partial charge in [0.1, 0.15) is 5.75 Å². The molecule has 0 radical (unpaired) electrons. The fourth-order valence-corrected chi connectivity index (χ4v) is 2.54. The van der Waals surface area contributed by atoms with E-state index in [4.69, 9.17) is 14.2 Å². The summed E-state index contributed by atoms with van der Waals surface area (Å²) in [5, 5.41) is 6.44. The Bertz CT molecular complexity index is 898. The Morgan fingerprint density at radius 2 is 2.03 bits per heavy atom. The van der Waals surface area contributed by atoms with Gasteiger partial charge in [0.25, 0.3) is 11.8 Å². The van der Waals surface area contributed by atoms with Crippen LogP contribution in [0.3, 0.4) is 0 Å². The number of hydrogen-bond donors (Lipinski definition) is 2. The van der Waals surface area contributed by atoms with E-state index >= 15 is 0 Å². The quantitative estimate of drug-likeness (QED) is 0.385. The molecular weight excluding hydrogens is 374 g/mol. The number of unbranched alkanes of at least 4 members (excludes halogenated alkanes) is 1. The van der Waals surface area contributed by atoms with Crippen molar-refractivity contribution in [2.75, 3.05) is 19.9 Å². The largest absolute Gasteiger partial charge is 0.494 e. The number of carbonyl (C=O) groups excluding carboxylic acids is 2. The van der Waals surface area contributed by atoms with Crippen molar-refractivity contribution in [1.82, 2.24) is 10.7 Å². The van der Waals surface area contributed by atoms with E-state index in [0.717, 1.165) is 24.2 Å². The number of amides is 2. The molecule has 1 aliphatic heterocycles. The lowest BCUT2D eigenvalue weighted by atomic mass is 10.2. The van der Waals surface area contributed by atoms with Crippen LogP contribution in [0.15, 0.2) is 47.6 Å². The Hall–Kier alpha value is -3.55. The zero-order valence-electron chi connectivity index (χ0n) is 16.1. The fourth-order valence-electron chi connectivity index (χ4n) is 2.54. The summed E-state index contributed by atoms with van der Waals surface area (Å²) in [4.78, 5) is 24.0. The molecule has 0 aliphatic carbocycles. The van der Waals surface area contributed by atoms with Gasteiger partial charge in [0.15, 0.2) is 11.5 Å². The van der Waals surface area contributed by atoms with Crippen LogP contribution in [0.2, 0.25) is 0 Å². The first-order valence-corrected chi connectivity index (χ1v) is 9.38. The Kier molecular flexibility index (Phi) is 7.05. The molecule has 0 saturated heterocycles. The lowest BCUT2D eigenvalue weighted by molar-refractivity contribution is -0.120. The number of hydrogen-bond acceptors (Lipinski definition) is 6. The smallest absolute Gasteiger partial charge is 0.259 e. The second-order valence-electron chi connectivity index (χ2n) is 6.32. The van der Waals surface area contributed by atoms with E-state index in [1.807, 2.05) is 24.3 Å². The van der Waals surface area contributed by atoms with Gasteiger partial charge in [-0.15, -0.1) is 0 Å². The summed E-state index contributed by atoms with van der Waals surface area (Å²) in [6, 6.07) is 12.3. The first-order chi connectivity index (χ1) is 14.2. The molecule has 152 valence electrons. The molecule has 2 N–H and O–H groups in total. The van der Waals surface area contributed by atoms with Crippen LogP contribution in [0, 0.1) is 0 Å². The molecule has 0 unspecified atom stereocenters. The van der Waals surface area contributed by atoms with Crippen LogP contribution in [0.1, 0.15) is 35.7 Å². The van der Waals surface area contributed by atoms with Gasteiger partial charge in [-0.1, -0.05) is 25.5 Å². The van der Waals surface area contributed by atoms with Crippen molar-refractivity contribution in [2.45, 2.75) is 19.8 Å². The molecule has 0 atom stereocenters. The number of carbonyl (C=O) groups is 2. The van der Waals surface area contributed by atoms with E-state index < -0.39 is 5.91 Å². The Morgan fingerprint density at radius 3 is 2.90 bits per heavy atom.